The van der Waals surface area contributed by atoms with Gasteiger partial charge in [0.25, 0.3) is 5.91 Å². The van der Waals surface area contributed by atoms with E-state index in [1.54, 1.807) is 0 Å². The van der Waals surface area contributed by atoms with E-state index in [0.717, 1.165) is 0 Å². The van der Waals surface area contributed by atoms with E-state index in [0.29, 0.717) is 0 Å². The monoisotopic (exact) mass is 218 g/mol. The predicted molar refractivity (Wildman–Crippen MR) is 49.5 cm³/mol. The van der Waals surface area contributed by atoms with Crippen molar-refractivity contribution in [3.05, 3.63) is 0 Å². The third-order valence-corrected chi connectivity index (χ3v) is 2.08. The zero-order chi connectivity index (χ0) is 10.7. The first-order chi connectivity index (χ1) is 6.54. The van der Waals surface area contributed by atoms with E-state index in [4.69, 9.17) is 10.5 Å². The summed E-state index contributed by atoms with van der Waals surface area (Å²) in [5.41, 5.74) is 5.31. The van der Waals surface area contributed by atoms with Gasteiger partial charge in [-0.25, -0.2) is 0 Å². The number of rotatable bonds is 3. The second kappa shape index (κ2) is 4.43. The molecule has 1 fully saturated rings. The third-order valence-electron chi connectivity index (χ3n) is 1.68. The Hall–Kier alpha value is -1.08. The lowest BCUT2D eigenvalue weighted by atomic mass is 10.3. The molecule has 1 saturated heterocycles. The van der Waals surface area contributed by atoms with Gasteiger partial charge in [-0.15, -0.1) is 0 Å². The fraction of sp³-hybridized carbons (Fsp3) is 0.571. The lowest BCUT2D eigenvalue weighted by Gasteiger charge is -2.11. The second-order valence-electron chi connectivity index (χ2n) is 2.83. The first-order valence-corrected chi connectivity index (χ1v) is 4.58. The number of thiol groups is 1. The van der Waals surface area contributed by atoms with Gasteiger partial charge in [0.2, 0.25) is 5.91 Å². The summed E-state index contributed by atoms with van der Waals surface area (Å²) in [4.78, 5) is 32.8. The van der Waals surface area contributed by atoms with Crippen LogP contribution in [0.3, 0.4) is 0 Å². The molecule has 0 bridgehead atoms. The number of carbonyl (C=O) groups excluding carboxylic acids is 3. The SMILES string of the molecule is N[C@@H](CS)C(=O)OC1CC(=O)NC1=O. The Morgan fingerprint density at radius 2 is 2.36 bits per heavy atom. The normalized spacial score (nSPS) is 23.1. The van der Waals surface area contributed by atoms with E-state index in [9.17, 15) is 14.4 Å². The largest absolute Gasteiger partial charge is 0.450 e. The van der Waals surface area contributed by atoms with Crippen LogP contribution in [0.5, 0.6) is 0 Å². The van der Waals surface area contributed by atoms with Gasteiger partial charge in [-0.2, -0.15) is 12.6 Å². The predicted octanol–water partition coefficient (Wildman–Crippen LogP) is -1.80. The maximum atomic E-state index is 11.1. The molecular weight excluding hydrogens is 208 g/mol. The van der Waals surface area contributed by atoms with Gasteiger partial charge < -0.3 is 10.5 Å². The molecule has 3 N–H and O–H groups in total. The number of carbonyl (C=O) groups is 3. The highest BCUT2D eigenvalue weighted by molar-refractivity contribution is 7.80. The van der Waals surface area contributed by atoms with E-state index in [2.05, 4.69) is 12.6 Å². The van der Waals surface area contributed by atoms with Crippen LogP contribution in [0.1, 0.15) is 6.42 Å². The lowest BCUT2D eigenvalue weighted by molar-refractivity contribution is -0.154. The molecule has 78 valence electrons. The van der Waals surface area contributed by atoms with Crippen molar-refractivity contribution >= 4 is 30.4 Å². The fourth-order valence-corrected chi connectivity index (χ4v) is 1.08. The summed E-state index contributed by atoms with van der Waals surface area (Å²) in [6, 6.07) is -0.873. The number of imide groups is 1. The maximum absolute atomic E-state index is 11.1. The van der Waals surface area contributed by atoms with Gasteiger partial charge in [-0.05, 0) is 0 Å². The zero-order valence-corrected chi connectivity index (χ0v) is 8.12. The molecule has 0 radical (unpaired) electrons. The number of ether oxygens (including phenoxy) is 1. The molecule has 1 unspecified atom stereocenters. The molecule has 2 atom stereocenters. The lowest BCUT2D eigenvalue weighted by Crippen LogP contribution is -2.38. The smallest absolute Gasteiger partial charge is 0.324 e. The topological polar surface area (TPSA) is 98.5 Å². The molecule has 0 aromatic rings. The average Bonchev–Trinajstić information content (AvgIpc) is 2.44. The molecule has 6 nitrogen and oxygen atoms in total. The van der Waals surface area contributed by atoms with Gasteiger partial charge in [0, 0.05) is 5.75 Å². The molecule has 1 aliphatic rings. The molecular formula is C7H10N2O4S. The van der Waals surface area contributed by atoms with Crippen LogP contribution in [0.4, 0.5) is 0 Å². The first-order valence-electron chi connectivity index (χ1n) is 3.95. The maximum Gasteiger partial charge on any atom is 0.324 e. The van der Waals surface area contributed by atoms with Crippen molar-refractivity contribution in [3.63, 3.8) is 0 Å². The number of hydrogen-bond acceptors (Lipinski definition) is 6. The van der Waals surface area contributed by atoms with E-state index in [1.165, 1.54) is 0 Å². The molecule has 0 spiro atoms. The van der Waals surface area contributed by atoms with E-state index < -0.39 is 29.9 Å². The highest BCUT2D eigenvalue weighted by atomic mass is 32.1. The van der Waals surface area contributed by atoms with Crippen LogP contribution >= 0.6 is 12.6 Å². The summed E-state index contributed by atoms with van der Waals surface area (Å²) < 4.78 is 4.70. The van der Waals surface area contributed by atoms with Crippen LogP contribution < -0.4 is 11.1 Å². The van der Waals surface area contributed by atoms with Gasteiger partial charge >= 0.3 is 5.97 Å². The minimum atomic E-state index is -1.04. The summed E-state index contributed by atoms with van der Waals surface area (Å²) in [5.74, 6) is -1.65. The van der Waals surface area contributed by atoms with Crippen LogP contribution in [-0.4, -0.2) is 35.7 Å². The highest BCUT2D eigenvalue weighted by Gasteiger charge is 2.34. The number of hydrogen-bond donors (Lipinski definition) is 3. The van der Waals surface area contributed by atoms with Crippen molar-refractivity contribution in [1.82, 2.24) is 5.32 Å². The Labute approximate surface area is 85.6 Å². The standard InChI is InChI=1S/C7H10N2O4S/c8-3(2-14)7(12)13-4-1-5(10)9-6(4)11/h3-4,14H,1-2,8H2,(H,9,10,11)/t3-,4?/m0/s1. The quantitative estimate of drug-likeness (QED) is 0.295. The van der Waals surface area contributed by atoms with Crippen LogP contribution in [-0.2, 0) is 19.1 Å². The number of nitrogens with two attached hydrogens (primary N) is 1. The van der Waals surface area contributed by atoms with Crippen LogP contribution in [0.25, 0.3) is 0 Å². The first kappa shape index (κ1) is 11.0. The molecule has 0 aromatic carbocycles. The van der Waals surface area contributed by atoms with Gasteiger partial charge in [0.05, 0.1) is 6.42 Å². The van der Waals surface area contributed by atoms with Crippen molar-refractivity contribution in [3.8, 4) is 0 Å². The Balaban J connectivity index is 2.49. The molecule has 1 heterocycles. The third kappa shape index (κ3) is 2.46. The van der Waals surface area contributed by atoms with Gasteiger partial charge in [-0.1, -0.05) is 0 Å². The van der Waals surface area contributed by atoms with Gasteiger partial charge in [0.15, 0.2) is 6.10 Å². The Kier molecular flexibility index (Phi) is 3.48. The van der Waals surface area contributed by atoms with Crippen LogP contribution in [0, 0.1) is 0 Å². The van der Waals surface area contributed by atoms with E-state index >= 15 is 0 Å². The number of nitrogens with one attached hydrogen (secondary N) is 1. The average molecular weight is 218 g/mol. The minimum absolute atomic E-state index is 0.126. The molecule has 0 aliphatic carbocycles. The molecule has 0 aromatic heterocycles. The fourth-order valence-electron chi connectivity index (χ4n) is 0.927. The van der Waals surface area contributed by atoms with Crippen molar-refractivity contribution in [1.29, 1.82) is 0 Å². The van der Waals surface area contributed by atoms with E-state index in [-0.39, 0.29) is 12.2 Å². The van der Waals surface area contributed by atoms with Gasteiger partial charge in [-0.3, -0.25) is 19.7 Å². The Bertz CT molecular complexity index is 281. The molecule has 0 saturated carbocycles. The number of esters is 1. The molecule has 1 rings (SSSR count). The van der Waals surface area contributed by atoms with E-state index in [1.807, 2.05) is 5.32 Å². The van der Waals surface area contributed by atoms with Crippen molar-refractivity contribution in [2.45, 2.75) is 18.6 Å². The molecule has 14 heavy (non-hydrogen) atoms. The summed E-state index contributed by atoms with van der Waals surface area (Å²) in [6.45, 7) is 0. The van der Waals surface area contributed by atoms with Crippen LogP contribution in [0.2, 0.25) is 0 Å². The number of amides is 2. The van der Waals surface area contributed by atoms with Gasteiger partial charge in [0.1, 0.15) is 6.04 Å². The highest BCUT2D eigenvalue weighted by Crippen LogP contribution is 2.07. The molecule has 2 amide bonds. The van der Waals surface area contributed by atoms with Crippen molar-refractivity contribution < 1.29 is 19.1 Å². The summed E-state index contributed by atoms with van der Waals surface area (Å²) in [6.07, 6.45) is -1.18. The Morgan fingerprint density at radius 3 is 2.79 bits per heavy atom. The molecule has 1 aliphatic heterocycles. The summed E-state index contributed by atoms with van der Waals surface area (Å²) >= 11 is 3.80. The second-order valence-corrected chi connectivity index (χ2v) is 3.20. The van der Waals surface area contributed by atoms with Crippen molar-refractivity contribution in [2.24, 2.45) is 5.73 Å². The van der Waals surface area contributed by atoms with Crippen molar-refractivity contribution in [2.75, 3.05) is 5.75 Å². The Morgan fingerprint density at radius 1 is 1.71 bits per heavy atom. The minimum Gasteiger partial charge on any atom is -0.450 e. The summed E-state index contributed by atoms with van der Waals surface area (Å²) in [7, 11) is 0. The van der Waals surface area contributed by atoms with Crippen LogP contribution in [0.15, 0.2) is 0 Å². The summed E-state index contributed by atoms with van der Waals surface area (Å²) in [5, 5.41) is 2.01. The molecule has 7 heteroatoms. The zero-order valence-electron chi connectivity index (χ0n) is 7.23.